The predicted octanol–water partition coefficient (Wildman–Crippen LogP) is 4.17. The molecule has 156 valence electrons. The molecule has 0 saturated carbocycles. The molecule has 9 heteroatoms. The molecule has 0 radical (unpaired) electrons. The van der Waals surface area contributed by atoms with Crippen LogP contribution in [0, 0.1) is 32.8 Å². The summed E-state index contributed by atoms with van der Waals surface area (Å²) in [6, 6.07) is 19.3. The lowest BCUT2D eigenvalue weighted by Crippen LogP contribution is -2.14. The number of benzene rings is 3. The molecule has 0 atom stereocenters. The Morgan fingerprint density at radius 1 is 0.875 bits per heavy atom. The fraction of sp³-hybridized carbons (Fsp3) is 0.0435. The number of esters is 1. The molecule has 9 nitrogen and oxygen atoms in total. The van der Waals surface area contributed by atoms with Crippen molar-refractivity contribution in [3.8, 4) is 23.6 Å². The van der Waals surface area contributed by atoms with Crippen LogP contribution in [0.2, 0.25) is 0 Å². The Labute approximate surface area is 181 Å². The van der Waals surface area contributed by atoms with Crippen LogP contribution in [0.4, 0.5) is 5.69 Å². The molecule has 0 unspecified atom stereocenters. The lowest BCUT2D eigenvalue weighted by molar-refractivity contribution is -0.384. The van der Waals surface area contributed by atoms with Crippen LogP contribution < -0.4 is 4.74 Å². The zero-order chi connectivity index (χ0) is 23.1. The van der Waals surface area contributed by atoms with Gasteiger partial charge in [-0.15, -0.1) is 0 Å². The molecule has 0 aliphatic rings. The maximum absolute atomic E-state index is 12.3. The molecule has 3 aromatic rings. The summed E-state index contributed by atoms with van der Waals surface area (Å²) in [7, 11) is 0. The van der Waals surface area contributed by atoms with Gasteiger partial charge in [-0.05, 0) is 36.4 Å². The van der Waals surface area contributed by atoms with Gasteiger partial charge in [-0.25, -0.2) is 4.79 Å². The number of non-ortho nitro benzene ring substituents is 1. The summed E-state index contributed by atoms with van der Waals surface area (Å²) in [4.78, 5) is 34.7. The minimum absolute atomic E-state index is 0.0539. The highest BCUT2D eigenvalue weighted by Gasteiger charge is 2.15. The number of nitrogens with zero attached hydrogens (tertiary/aromatic N) is 3. The van der Waals surface area contributed by atoms with Crippen LogP contribution in [0.1, 0.15) is 31.8 Å². The van der Waals surface area contributed by atoms with E-state index in [0.717, 1.165) is 6.07 Å². The Balaban J connectivity index is 1.67. The Hall–Kier alpha value is -5.02. The van der Waals surface area contributed by atoms with Gasteiger partial charge in [0.2, 0.25) is 5.78 Å². The van der Waals surface area contributed by atoms with Gasteiger partial charge in [0.1, 0.15) is 23.6 Å². The SMILES string of the molecule is N#Cc1ccc(Oc2cccc(C(=O)OCC(=O)c3cccc([N+](=O)[O-])c3)c2)cc1C#N. The number of carbonyl (C=O) groups is 2. The molecule has 0 spiro atoms. The molecule has 0 N–H and O–H groups in total. The Morgan fingerprint density at radius 2 is 1.56 bits per heavy atom. The van der Waals surface area contributed by atoms with E-state index in [2.05, 4.69) is 0 Å². The van der Waals surface area contributed by atoms with Crippen LogP contribution in [0.5, 0.6) is 11.5 Å². The van der Waals surface area contributed by atoms with Gasteiger partial charge in [0, 0.05) is 17.7 Å². The van der Waals surface area contributed by atoms with Crippen LogP contribution in [0.15, 0.2) is 66.7 Å². The molecule has 3 rings (SSSR count). The number of rotatable bonds is 7. The minimum atomic E-state index is -0.785. The number of Topliss-reactive ketones (excluding diaryl/α,β-unsaturated/α-hetero) is 1. The van der Waals surface area contributed by atoms with Crippen LogP contribution in [-0.2, 0) is 4.74 Å². The summed E-state index contributed by atoms with van der Waals surface area (Å²) in [6.45, 7) is -0.591. The van der Waals surface area contributed by atoms with Crippen LogP contribution >= 0.6 is 0 Å². The summed E-state index contributed by atoms with van der Waals surface area (Å²) in [5, 5.41) is 28.9. The minimum Gasteiger partial charge on any atom is -0.457 e. The maximum Gasteiger partial charge on any atom is 0.338 e. The van der Waals surface area contributed by atoms with Gasteiger partial charge in [0.25, 0.3) is 5.69 Å². The van der Waals surface area contributed by atoms with Gasteiger partial charge in [0.15, 0.2) is 6.61 Å². The summed E-state index contributed by atoms with van der Waals surface area (Å²) >= 11 is 0. The first-order valence-corrected chi connectivity index (χ1v) is 9.08. The van der Waals surface area contributed by atoms with E-state index in [4.69, 9.17) is 20.0 Å². The number of ketones is 1. The second kappa shape index (κ2) is 9.65. The number of hydrogen-bond donors (Lipinski definition) is 0. The third-order valence-electron chi connectivity index (χ3n) is 4.25. The quantitative estimate of drug-likeness (QED) is 0.236. The molecule has 0 aliphatic carbocycles. The highest BCUT2D eigenvalue weighted by atomic mass is 16.6. The van der Waals surface area contributed by atoms with Crippen molar-refractivity contribution >= 4 is 17.4 Å². The van der Waals surface area contributed by atoms with E-state index in [-0.39, 0.29) is 33.7 Å². The van der Waals surface area contributed by atoms with Crippen molar-refractivity contribution in [1.29, 1.82) is 10.5 Å². The fourth-order valence-corrected chi connectivity index (χ4v) is 2.69. The average molecular weight is 427 g/mol. The summed E-state index contributed by atoms with van der Waals surface area (Å²) in [5.74, 6) is -0.798. The van der Waals surface area contributed by atoms with Gasteiger partial charge in [-0.2, -0.15) is 10.5 Å². The van der Waals surface area contributed by atoms with E-state index >= 15 is 0 Å². The Kier molecular flexibility index (Phi) is 6.54. The second-order valence-electron chi connectivity index (χ2n) is 6.37. The number of ether oxygens (including phenoxy) is 2. The Bertz CT molecular complexity index is 1300. The van der Waals surface area contributed by atoms with E-state index in [1.807, 2.05) is 12.1 Å². The van der Waals surface area contributed by atoms with E-state index in [9.17, 15) is 19.7 Å². The molecule has 32 heavy (non-hydrogen) atoms. The third-order valence-corrected chi connectivity index (χ3v) is 4.25. The van der Waals surface area contributed by atoms with Crippen molar-refractivity contribution in [2.24, 2.45) is 0 Å². The van der Waals surface area contributed by atoms with Crippen molar-refractivity contribution in [3.05, 3.63) is 99.1 Å². The lowest BCUT2D eigenvalue weighted by atomic mass is 10.1. The van der Waals surface area contributed by atoms with E-state index in [1.165, 1.54) is 48.5 Å². The molecule has 0 fully saturated rings. The molecular weight excluding hydrogens is 414 g/mol. The van der Waals surface area contributed by atoms with Crippen LogP contribution in [0.25, 0.3) is 0 Å². The smallest absolute Gasteiger partial charge is 0.338 e. The average Bonchev–Trinajstić information content (AvgIpc) is 2.82. The van der Waals surface area contributed by atoms with Crippen LogP contribution in [0.3, 0.4) is 0 Å². The molecule has 0 aliphatic heterocycles. The normalized spacial score (nSPS) is 9.81. The molecule has 0 heterocycles. The topological polar surface area (TPSA) is 143 Å². The van der Waals surface area contributed by atoms with E-state index in [1.54, 1.807) is 12.1 Å². The van der Waals surface area contributed by atoms with Gasteiger partial charge < -0.3 is 9.47 Å². The molecular formula is C23H13N3O6. The fourth-order valence-electron chi connectivity index (χ4n) is 2.69. The summed E-state index contributed by atoms with van der Waals surface area (Å²) in [5.41, 5.74) is 0.293. The molecule has 0 aromatic heterocycles. The van der Waals surface area contributed by atoms with Crippen molar-refractivity contribution < 1.29 is 24.0 Å². The van der Waals surface area contributed by atoms with Gasteiger partial charge >= 0.3 is 5.97 Å². The van der Waals surface area contributed by atoms with Crippen molar-refractivity contribution in [2.75, 3.05) is 6.61 Å². The van der Waals surface area contributed by atoms with E-state index < -0.39 is 23.3 Å². The first kappa shape index (κ1) is 21.7. The highest BCUT2D eigenvalue weighted by molar-refractivity contribution is 5.99. The predicted molar refractivity (Wildman–Crippen MR) is 110 cm³/mol. The Morgan fingerprint density at radius 3 is 2.28 bits per heavy atom. The molecule has 3 aromatic carbocycles. The van der Waals surface area contributed by atoms with Gasteiger partial charge in [0.05, 0.1) is 21.6 Å². The van der Waals surface area contributed by atoms with Gasteiger partial charge in [-0.1, -0.05) is 18.2 Å². The number of nitro groups is 1. The number of carbonyl (C=O) groups excluding carboxylic acids is 2. The molecule has 0 saturated heterocycles. The van der Waals surface area contributed by atoms with Crippen molar-refractivity contribution in [2.45, 2.75) is 0 Å². The number of nitro benzene ring substituents is 1. The summed E-state index contributed by atoms with van der Waals surface area (Å²) in [6.07, 6.45) is 0. The molecule has 0 bridgehead atoms. The van der Waals surface area contributed by atoms with Crippen LogP contribution in [-0.4, -0.2) is 23.3 Å². The first-order chi connectivity index (χ1) is 15.4. The standard InChI is InChI=1S/C23H13N3O6/c24-12-17-7-8-21(11-18(17)13-25)32-20-6-2-4-16(10-20)23(28)31-14-22(27)15-3-1-5-19(9-15)26(29)30/h1-11H,14H2. The van der Waals surface area contributed by atoms with Gasteiger partial charge in [-0.3, -0.25) is 14.9 Å². The molecule has 0 amide bonds. The zero-order valence-corrected chi connectivity index (χ0v) is 16.3. The van der Waals surface area contributed by atoms with Crippen molar-refractivity contribution in [1.82, 2.24) is 0 Å². The lowest BCUT2D eigenvalue weighted by Gasteiger charge is -2.09. The first-order valence-electron chi connectivity index (χ1n) is 9.08. The summed E-state index contributed by atoms with van der Waals surface area (Å²) < 4.78 is 10.7. The highest BCUT2D eigenvalue weighted by Crippen LogP contribution is 2.25. The van der Waals surface area contributed by atoms with E-state index in [0.29, 0.717) is 5.75 Å². The third kappa shape index (κ3) is 5.12. The monoisotopic (exact) mass is 427 g/mol. The number of nitriles is 2. The maximum atomic E-state index is 12.3. The zero-order valence-electron chi connectivity index (χ0n) is 16.3. The van der Waals surface area contributed by atoms with Crippen molar-refractivity contribution in [3.63, 3.8) is 0 Å². The largest absolute Gasteiger partial charge is 0.457 e. The second-order valence-corrected chi connectivity index (χ2v) is 6.37. The number of hydrogen-bond acceptors (Lipinski definition) is 8.